The summed E-state index contributed by atoms with van der Waals surface area (Å²) in [5.74, 6) is -0.223. The number of hydrogen-bond acceptors (Lipinski definition) is 9. The number of nitriles is 1. The number of aryl methyl sites for hydroxylation is 1. The van der Waals surface area contributed by atoms with E-state index in [2.05, 4.69) is 41.6 Å². The zero-order valence-electron chi connectivity index (χ0n) is 17.8. The zero-order chi connectivity index (χ0) is 22.8. The second-order valence-electron chi connectivity index (χ2n) is 7.62. The third-order valence-corrected chi connectivity index (χ3v) is 5.40. The summed E-state index contributed by atoms with van der Waals surface area (Å²) in [5, 5.41) is 20.5. The second-order valence-corrected chi connectivity index (χ2v) is 7.62. The van der Waals surface area contributed by atoms with Crippen molar-refractivity contribution in [3.63, 3.8) is 0 Å². The fraction of sp³-hybridized carbons (Fsp3) is 0.227. The van der Waals surface area contributed by atoms with Crippen LogP contribution in [0.3, 0.4) is 0 Å². The number of aromatic nitrogens is 7. The van der Waals surface area contributed by atoms with E-state index in [0.717, 1.165) is 22.5 Å². The Morgan fingerprint density at radius 3 is 2.91 bits per heavy atom. The highest BCUT2D eigenvalue weighted by Gasteiger charge is 2.23. The SMILES string of the molecule is Cc1cc(-c2ncc(CNc3ncnc(N4CCn5nncc5C4)c3F)cc2C#N)ccn1. The molecule has 0 saturated carbocycles. The average Bonchev–Trinajstić information content (AvgIpc) is 3.31. The molecule has 5 rings (SSSR count). The maximum absolute atomic E-state index is 15.2. The fourth-order valence-corrected chi connectivity index (χ4v) is 3.76. The van der Waals surface area contributed by atoms with E-state index < -0.39 is 5.82 Å². The first kappa shape index (κ1) is 20.4. The Hall–Kier alpha value is -4.46. The van der Waals surface area contributed by atoms with Crippen molar-refractivity contribution in [1.82, 2.24) is 34.9 Å². The van der Waals surface area contributed by atoms with E-state index in [1.54, 1.807) is 29.3 Å². The van der Waals surface area contributed by atoms with Gasteiger partial charge in [-0.2, -0.15) is 9.65 Å². The lowest BCUT2D eigenvalue weighted by atomic mass is 10.1. The predicted octanol–water partition coefficient (Wildman–Crippen LogP) is 2.48. The van der Waals surface area contributed by atoms with Gasteiger partial charge in [0.1, 0.15) is 12.4 Å². The Kier molecular flexibility index (Phi) is 5.32. The molecule has 0 aromatic carbocycles. The van der Waals surface area contributed by atoms with E-state index in [-0.39, 0.29) is 18.2 Å². The molecular weight excluding hydrogens is 423 g/mol. The summed E-state index contributed by atoms with van der Waals surface area (Å²) >= 11 is 0. The number of anilines is 2. The van der Waals surface area contributed by atoms with Gasteiger partial charge in [-0.25, -0.2) is 14.6 Å². The van der Waals surface area contributed by atoms with Gasteiger partial charge in [-0.15, -0.1) is 5.10 Å². The number of halogens is 1. The van der Waals surface area contributed by atoms with E-state index in [1.807, 2.05) is 24.0 Å². The summed E-state index contributed by atoms with van der Waals surface area (Å²) in [6.07, 6.45) is 6.35. The largest absolute Gasteiger partial charge is 0.363 e. The highest BCUT2D eigenvalue weighted by atomic mass is 19.1. The standard InChI is InChI=1S/C22H19FN10/c1-14-6-16(2-3-25-14)20-17(8-24)7-15(9-26-20)10-27-21-19(23)22(29-13-28-21)32-4-5-33-18(12-32)11-30-31-33/h2-3,6-7,9,11,13H,4-5,10,12H2,1H3,(H,27,28,29). The Labute approximate surface area is 188 Å². The fourth-order valence-electron chi connectivity index (χ4n) is 3.76. The number of fused-ring (bicyclic) bond motifs is 1. The van der Waals surface area contributed by atoms with Crippen molar-refractivity contribution in [2.45, 2.75) is 26.6 Å². The number of rotatable bonds is 5. The number of hydrogen-bond donors (Lipinski definition) is 1. The number of nitrogens with one attached hydrogen (secondary N) is 1. The van der Waals surface area contributed by atoms with Gasteiger partial charge in [-0.05, 0) is 30.7 Å². The summed E-state index contributed by atoms with van der Waals surface area (Å²) in [7, 11) is 0. The molecule has 4 aromatic heterocycles. The van der Waals surface area contributed by atoms with Gasteiger partial charge < -0.3 is 10.2 Å². The minimum atomic E-state index is -0.532. The minimum Gasteiger partial charge on any atom is -0.363 e. The Morgan fingerprint density at radius 1 is 1.15 bits per heavy atom. The maximum Gasteiger partial charge on any atom is 0.207 e. The normalized spacial score (nSPS) is 12.8. The molecule has 1 N–H and O–H groups in total. The molecule has 5 heterocycles. The quantitative estimate of drug-likeness (QED) is 0.497. The molecule has 0 aliphatic carbocycles. The van der Waals surface area contributed by atoms with Crippen LogP contribution in [0, 0.1) is 24.1 Å². The smallest absolute Gasteiger partial charge is 0.207 e. The highest BCUT2D eigenvalue weighted by Crippen LogP contribution is 2.26. The predicted molar refractivity (Wildman–Crippen MR) is 117 cm³/mol. The Morgan fingerprint density at radius 2 is 2.06 bits per heavy atom. The van der Waals surface area contributed by atoms with Crippen molar-refractivity contribution >= 4 is 11.6 Å². The van der Waals surface area contributed by atoms with Gasteiger partial charge >= 0.3 is 0 Å². The Balaban J connectivity index is 1.34. The second kappa shape index (κ2) is 8.58. The van der Waals surface area contributed by atoms with Crippen LogP contribution in [0.4, 0.5) is 16.0 Å². The molecule has 0 atom stereocenters. The van der Waals surface area contributed by atoms with Gasteiger partial charge in [0.25, 0.3) is 0 Å². The summed E-state index contributed by atoms with van der Waals surface area (Å²) < 4.78 is 17.0. The van der Waals surface area contributed by atoms with Crippen LogP contribution >= 0.6 is 0 Å². The first-order valence-electron chi connectivity index (χ1n) is 10.3. The lowest BCUT2D eigenvalue weighted by molar-refractivity contribution is 0.497. The third-order valence-electron chi connectivity index (χ3n) is 5.40. The molecule has 1 aliphatic rings. The third kappa shape index (κ3) is 4.06. The molecule has 0 fully saturated rings. The van der Waals surface area contributed by atoms with Crippen molar-refractivity contribution < 1.29 is 4.39 Å². The lowest BCUT2D eigenvalue weighted by Crippen LogP contribution is -2.35. The molecule has 0 saturated heterocycles. The van der Waals surface area contributed by atoms with Crippen molar-refractivity contribution in [3.8, 4) is 17.3 Å². The van der Waals surface area contributed by atoms with Crippen LogP contribution in [0.5, 0.6) is 0 Å². The first-order chi connectivity index (χ1) is 16.1. The molecule has 33 heavy (non-hydrogen) atoms. The number of pyridine rings is 2. The van der Waals surface area contributed by atoms with Crippen LogP contribution in [0.2, 0.25) is 0 Å². The highest BCUT2D eigenvalue weighted by molar-refractivity contribution is 5.66. The van der Waals surface area contributed by atoms with Gasteiger partial charge in [0.05, 0.1) is 36.2 Å². The first-order valence-corrected chi connectivity index (χ1v) is 10.3. The van der Waals surface area contributed by atoms with E-state index in [1.165, 1.54) is 6.33 Å². The summed E-state index contributed by atoms with van der Waals surface area (Å²) in [5.41, 5.74) is 4.31. The van der Waals surface area contributed by atoms with Gasteiger partial charge in [0.2, 0.25) is 5.82 Å². The van der Waals surface area contributed by atoms with Crippen LogP contribution in [0.1, 0.15) is 22.5 Å². The Bertz CT molecular complexity index is 1360. The topological polar surface area (TPSA) is 121 Å². The van der Waals surface area contributed by atoms with E-state index >= 15 is 4.39 Å². The molecule has 0 spiro atoms. The molecular formula is C22H19FN10. The van der Waals surface area contributed by atoms with E-state index in [0.29, 0.717) is 30.9 Å². The lowest BCUT2D eigenvalue weighted by Gasteiger charge is -2.28. The molecule has 164 valence electrons. The zero-order valence-corrected chi connectivity index (χ0v) is 17.8. The monoisotopic (exact) mass is 442 g/mol. The summed E-state index contributed by atoms with van der Waals surface area (Å²) in [6.45, 7) is 3.77. The summed E-state index contributed by atoms with van der Waals surface area (Å²) in [4.78, 5) is 18.7. The van der Waals surface area contributed by atoms with Gasteiger partial charge in [-0.3, -0.25) is 9.97 Å². The van der Waals surface area contributed by atoms with E-state index in [9.17, 15) is 5.26 Å². The average molecular weight is 442 g/mol. The molecule has 11 heteroatoms. The molecule has 0 amide bonds. The van der Waals surface area contributed by atoms with Crippen LogP contribution in [0.15, 0.2) is 43.1 Å². The van der Waals surface area contributed by atoms with Crippen LogP contribution < -0.4 is 10.2 Å². The molecule has 4 aromatic rings. The van der Waals surface area contributed by atoms with Gasteiger partial charge in [-0.1, -0.05) is 5.21 Å². The number of nitrogens with zero attached hydrogens (tertiary/aromatic N) is 9. The minimum absolute atomic E-state index is 0.0875. The van der Waals surface area contributed by atoms with Crippen LogP contribution in [-0.2, 0) is 19.6 Å². The molecule has 1 aliphatic heterocycles. The van der Waals surface area contributed by atoms with Crippen LogP contribution in [-0.4, -0.2) is 41.5 Å². The maximum atomic E-state index is 15.2. The van der Waals surface area contributed by atoms with Crippen LogP contribution in [0.25, 0.3) is 11.3 Å². The van der Waals surface area contributed by atoms with Crippen molar-refractivity contribution in [2.24, 2.45) is 0 Å². The molecule has 0 bridgehead atoms. The summed E-state index contributed by atoms with van der Waals surface area (Å²) in [6, 6.07) is 7.62. The van der Waals surface area contributed by atoms with Gasteiger partial charge in [0.15, 0.2) is 11.6 Å². The van der Waals surface area contributed by atoms with Crippen molar-refractivity contribution in [3.05, 3.63) is 71.4 Å². The van der Waals surface area contributed by atoms with Crippen molar-refractivity contribution in [1.29, 1.82) is 5.26 Å². The molecule has 10 nitrogen and oxygen atoms in total. The van der Waals surface area contributed by atoms with Gasteiger partial charge in [0, 0.05) is 36.7 Å². The van der Waals surface area contributed by atoms with E-state index in [4.69, 9.17) is 0 Å². The molecule has 0 unspecified atom stereocenters. The molecule has 0 radical (unpaired) electrons. The van der Waals surface area contributed by atoms with Crippen molar-refractivity contribution in [2.75, 3.05) is 16.8 Å².